The summed E-state index contributed by atoms with van der Waals surface area (Å²) in [4.78, 5) is 37.1. The number of ether oxygens (including phenoxy) is 2. The molecule has 0 heterocycles. The quantitative estimate of drug-likeness (QED) is 0.0264. The Morgan fingerprint density at radius 3 is 1.19 bits per heavy atom. The number of carbonyl (C=O) groups is 2. The minimum Gasteiger partial charge on any atom is -0.756 e. The van der Waals surface area contributed by atoms with Crippen molar-refractivity contribution < 1.29 is 47.8 Å². The van der Waals surface area contributed by atoms with Gasteiger partial charge in [-0.15, -0.1) is 0 Å². The number of esters is 2. The minimum atomic E-state index is -4.86. The molecular weight excluding hydrogens is 718 g/mol. The van der Waals surface area contributed by atoms with E-state index in [1.165, 1.54) is 141 Å². The first-order chi connectivity index (χ1) is 25.7. The van der Waals surface area contributed by atoms with Gasteiger partial charge in [0.2, 0.25) is 0 Å². The first-order valence-corrected chi connectivity index (χ1v) is 23.4. The smallest absolute Gasteiger partial charge is 0.306 e. The van der Waals surface area contributed by atoms with Crippen LogP contribution in [0, 0.1) is 0 Å². The van der Waals surface area contributed by atoms with E-state index in [0.717, 1.165) is 38.5 Å². The first kappa shape index (κ1) is 56.1. The molecule has 54 heavy (non-hydrogen) atoms. The van der Waals surface area contributed by atoms with E-state index in [1.807, 2.05) is 0 Å². The van der Waals surface area contributed by atoms with Crippen LogP contribution in [0.3, 0.4) is 0 Å². The summed E-state index contributed by atoms with van der Waals surface area (Å²) < 4.78 is 32.3. The average Bonchev–Trinajstić information content (AvgIpc) is 3.14. The van der Waals surface area contributed by atoms with Crippen LogP contribution in [-0.4, -0.2) is 90.3 Å². The summed E-state index contributed by atoms with van der Waals surface area (Å²) >= 11 is 0. The summed E-state index contributed by atoms with van der Waals surface area (Å²) in [6, 6.07) is 0. The number of phosphoric acid groups is 1. The van der Waals surface area contributed by atoms with Crippen LogP contribution in [0.1, 0.15) is 219 Å². The van der Waals surface area contributed by atoms with Gasteiger partial charge in [-0.05, 0) is 12.8 Å². The molecule has 3 atom stereocenters. The molecule has 1 radical (unpaired) electrons. The second-order valence-corrected chi connectivity index (χ2v) is 16.5. The van der Waals surface area contributed by atoms with Crippen molar-refractivity contribution in [2.24, 2.45) is 0 Å². The molecule has 10 nitrogen and oxygen atoms in total. The van der Waals surface area contributed by atoms with Gasteiger partial charge in [0.25, 0.3) is 7.82 Å². The number of aliphatic hydroxyl groups is 2. The van der Waals surface area contributed by atoms with E-state index in [-0.39, 0.29) is 49.0 Å². The van der Waals surface area contributed by atoms with Crippen molar-refractivity contribution in [3.63, 3.8) is 0 Å². The summed E-state index contributed by atoms with van der Waals surface area (Å²) in [6.07, 6.45) is 34.7. The maximum absolute atomic E-state index is 12.6. The zero-order valence-corrected chi connectivity index (χ0v) is 38.1. The van der Waals surface area contributed by atoms with Crippen molar-refractivity contribution in [2.75, 3.05) is 26.4 Å². The Bertz CT molecular complexity index is 865. The van der Waals surface area contributed by atoms with Gasteiger partial charge >= 0.3 is 11.9 Å². The number of carbonyl (C=O) groups excluding carboxylic acids is 2. The molecule has 0 aromatic rings. The molecule has 0 fully saturated rings. The van der Waals surface area contributed by atoms with Crippen LogP contribution in [0.4, 0.5) is 0 Å². The van der Waals surface area contributed by atoms with E-state index in [2.05, 4.69) is 18.4 Å². The summed E-state index contributed by atoms with van der Waals surface area (Å²) in [6.45, 7) is 2.24. The molecular formula is C42H82NaO10P-. The summed E-state index contributed by atoms with van der Waals surface area (Å²) in [5.41, 5.74) is 0. The van der Waals surface area contributed by atoms with Crippen molar-refractivity contribution in [1.29, 1.82) is 0 Å². The molecule has 317 valence electrons. The molecule has 0 spiro atoms. The fourth-order valence-corrected chi connectivity index (χ4v) is 7.12. The second kappa shape index (κ2) is 42.6. The van der Waals surface area contributed by atoms with Crippen LogP contribution in [0.5, 0.6) is 0 Å². The molecule has 0 rings (SSSR count). The van der Waals surface area contributed by atoms with Crippen LogP contribution < -0.4 is 4.89 Å². The first-order valence-electron chi connectivity index (χ1n) is 22.0. The zero-order chi connectivity index (χ0) is 39.1. The van der Waals surface area contributed by atoms with Gasteiger partial charge in [0.05, 0.1) is 19.8 Å². The molecule has 0 saturated heterocycles. The van der Waals surface area contributed by atoms with E-state index in [9.17, 15) is 24.2 Å². The SMILES string of the molecule is CCCCCCCCCCCCCCCCCC(=O)OCC(COP(=O)([O-])OCC(O)CO)OC(=O)CCCCCCCCCCCCCCCCC.[Na]. The molecule has 0 aliphatic heterocycles. The molecule has 0 aliphatic rings. The van der Waals surface area contributed by atoms with Gasteiger partial charge < -0.3 is 33.6 Å². The Morgan fingerprint density at radius 2 is 0.833 bits per heavy atom. The molecule has 12 heteroatoms. The molecule has 0 saturated carbocycles. The fraction of sp³-hybridized carbons (Fsp3) is 0.952. The fourth-order valence-electron chi connectivity index (χ4n) is 6.34. The normalized spacial score (nSPS) is 13.6. The summed E-state index contributed by atoms with van der Waals surface area (Å²) in [5, 5.41) is 18.3. The molecule has 2 N–H and O–H groups in total. The van der Waals surface area contributed by atoms with Gasteiger partial charge in [-0.3, -0.25) is 14.2 Å². The minimum absolute atomic E-state index is 0. The van der Waals surface area contributed by atoms with Crippen LogP contribution in [0.25, 0.3) is 0 Å². The van der Waals surface area contributed by atoms with Gasteiger partial charge in [0.1, 0.15) is 12.7 Å². The van der Waals surface area contributed by atoms with E-state index in [0.29, 0.717) is 12.8 Å². The van der Waals surface area contributed by atoms with Gasteiger partial charge in [0, 0.05) is 42.4 Å². The van der Waals surface area contributed by atoms with E-state index >= 15 is 0 Å². The largest absolute Gasteiger partial charge is 0.756 e. The van der Waals surface area contributed by atoms with Crippen molar-refractivity contribution in [1.82, 2.24) is 0 Å². The Labute approximate surface area is 353 Å². The van der Waals surface area contributed by atoms with E-state index < -0.39 is 51.8 Å². The van der Waals surface area contributed by atoms with Crippen LogP contribution >= 0.6 is 7.82 Å². The Kier molecular flexibility index (Phi) is 44.2. The number of unbranched alkanes of at least 4 members (excludes halogenated alkanes) is 28. The number of rotatable bonds is 42. The zero-order valence-electron chi connectivity index (χ0n) is 35.2. The number of aliphatic hydroxyl groups excluding tert-OH is 2. The van der Waals surface area contributed by atoms with E-state index in [4.69, 9.17) is 19.1 Å². The Hall–Kier alpha value is -0.0300. The Balaban J connectivity index is 0. The molecule has 0 aliphatic carbocycles. The molecule has 0 amide bonds. The van der Waals surface area contributed by atoms with Gasteiger partial charge in [0.15, 0.2) is 6.10 Å². The van der Waals surface area contributed by atoms with Crippen LogP contribution in [0.2, 0.25) is 0 Å². The van der Waals surface area contributed by atoms with E-state index in [1.54, 1.807) is 0 Å². The number of phosphoric ester groups is 1. The average molecular weight is 801 g/mol. The third-order valence-corrected chi connectivity index (χ3v) is 10.7. The standard InChI is InChI=1S/C42H83O10P.Na/c1-3-5-7-9-11-13-15-17-19-21-23-25-27-29-31-33-41(45)49-37-40(38-51-53(47,48)50-36-39(44)35-43)52-42(46)34-32-30-28-26-24-22-20-18-16-14-12-10-8-6-4-2;/h39-40,43-44H,3-38H2,1-2H3,(H,47,48);/p-1. The molecule has 0 bridgehead atoms. The number of hydrogen-bond donors (Lipinski definition) is 2. The molecule has 0 aromatic carbocycles. The van der Waals surface area contributed by atoms with Crippen molar-refractivity contribution in [3.8, 4) is 0 Å². The summed E-state index contributed by atoms with van der Waals surface area (Å²) in [5.74, 6) is -0.945. The van der Waals surface area contributed by atoms with Gasteiger partial charge in [-0.25, -0.2) is 0 Å². The van der Waals surface area contributed by atoms with Crippen LogP contribution in [0.15, 0.2) is 0 Å². The maximum atomic E-state index is 12.6. The third-order valence-electron chi connectivity index (χ3n) is 9.75. The monoisotopic (exact) mass is 801 g/mol. The Morgan fingerprint density at radius 1 is 0.519 bits per heavy atom. The van der Waals surface area contributed by atoms with Gasteiger partial charge in [-0.2, -0.15) is 0 Å². The second-order valence-electron chi connectivity index (χ2n) is 15.1. The topological polar surface area (TPSA) is 152 Å². The third kappa shape index (κ3) is 41.6. The number of hydrogen-bond acceptors (Lipinski definition) is 10. The predicted octanol–water partition coefficient (Wildman–Crippen LogP) is 10.4. The van der Waals surface area contributed by atoms with Crippen molar-refractivity contribution >= 4 is 49.3 Å². The summed E-state index contributed by atoms with van der Waals surface area (Å²) in [7, 11) is -4.86. The molecule has 0 aromatic heterocycles. The van der Waals surface area contributed by atoms with Crippen LogP contribution in [-0.2, 0) is 32.7 Å². The molecule has 3 unspecified atom stereocenters. The van der Waals surface area contributed by atoms with Crippen molar-refractivity contribution in [2.45, 2.75) is 232 Å². The van der Waals surface area contributed by atoms with Gasteiger partial charge in [-0.1, -0.05) is 194 Å². The maximum Gasteiger partial charge on any atom is 0.306 e. The predicted molar refractivity (Wildman–Crippen MR) is 218 cm³/mol. The van der Waals surface area contributed by atoms with Crippen molar-refractivity contribution in [3.05, 3.63) is 0 Å².